The number of terminal acetylenes is 1. The van der Waals surface area contributed by atoms with Crippen molar-refractivity contribution in [3.05, 3.63) is 0 Å². The molecule has 28 heavy (non-hydrogen) atoms. The van der Waals surface area contributed by atoms with E-state index in [1.165, 1.54) is 135 Å². The van der Waals surface area contributed by atoms with Gasteiger partial charge in [-0.1, -0.05) is 129 Å². The van der Waals surface area contributed by atoms with E-state index in [-0.39, 0.29) is 0 Å². The van der Waals surface area contributed by atoms with Gasteiger partial charge in [0.05, 0.1) is 6.04 Å². The zero-order chi connectivity index (χ0) is 20.7. The highest BCUT2D eigenvalue weighted by Crippen LogP contribution is 2.16. The Morgan fingerprint density at radius 2 is 0.893 bits per heavy atom. The van der Waals surface area contributed by atoms with Crippen LogP contribution in [0.3, 0.4) is 0 Å². The Morgan fingerprint density at radius 1 is 0.536 bits per heavy atom. The molecular formula is C27H53N. The van der Waals surface area contributed by atoms with Gasteiger partial charge in [-0.05, 0) is 32.4 Å². The summed E-state index contributed by atoms with van der Waals surface area (Å²) in [4.78, 5) is 2.66. The summed E-state index contributed by atoms with van der Waals surface area (Å²) < 4.78 is 0. The van der Waals surface area contributed by atoms with Crippen LogP contribution in [-0.4, -0.2) is 24.0 Å². The van der Waals surface area contributed by atoms with Crippen LogP contribution in [0.25, 0.3) is 0 Å². The smallest absolute Gasteiger partial charge is 0.0711 e. The zero-order valence-electron chi connectivity index (χ0n) is 20.0. The summed E-state index contributed by atoms with van der Waals surface area (Å²) >= 11 is 0. The Balaban J connectivity index is 4.21. The quantitative estimate of drug-likeness (QED) is 0.132. The molecule has 0 N–H and O–H groups in total. The van der Waals surface area contributed by atoms with E-state index in [4.69, 9.17) is 6.42 Å². The third-order valence-electron chi connectivity index (χ3n) is 6.06. The second-order valence-electron chi connectivity index (χ2n) is 8.81. The first-order valence-corrected chi connectivity index (χ1v) is 13.0. The maximum absolute atomic E-state index is 5.98. The summed E-state index contributed by atoms with van der Waals surface area (Å²) in [7, 11) is 0. The molecule has 0 spiro atoms. The summed E-state index contributed by atoms with van der Waals surface area (Å²) in [6, 6.07) is 0.373. The second-order valence-corrected chi connectivity index (χ2v) is 8.81. The average Bonchev–Trinajstić information content (AvgIpc) is 2.71. The van der Waals surface area contributed by atoms with Gasteiger partial charge >= 0.3 is 0 Å². The van der Waals surface area contributed by atoms with Crippen molar-refractivity contribution in [1.82, 2.24) is 4.90 Å². The van der Waals surface area contributed by atoms with Crippen LogP contribution in [-0.2, 0) is 0 Å². The monoisotopic (exact) mass is 391 g/mol. The number of unbranched alkanes of at least 4 members (excludes halogenated alkanes) is 15. The normalized spacial score (nSPS) is 12.4. The second kappa shape index (κ2) is 22.8. The van der Waals surface area contributed by atoms with Crippen molar-refractivity contribution in [2.45, 2.75) is 149 Å². The van der Waals surface area contributed by atoms with Gasteiger partial charge in [-0.25, -0.2) is 0 Å². The van der Waals surface area contributed by atoms with E-state index < -0.39 is 0 Å². The Labute approximate surface area is 179 Å². The molecular weight excluding hydrogens is 338 g/mol. The van der Waals surface area contributed by atoms with Gasteiger partial charge < -0.3 is 0 Å². The number of nitrogens with zero attached hydrogens (tertiary/aromatic N) is 1. The fraction of sp³-hybridized carbons (Fsp3) is 0.926. The van der Waals surface area contributed by atoms with Gasteiger partial charge in [0.1, 0.15) is 0 Å². The molecule has 1 nitrogen and oxygen atoms in total. The lowest BCUT2D eigenvalue weighted by molar-refractivity contribution is 0.213. The highest BCUT2D eigenvalue weighted by atomic mass is 15.1. The van der Waals surface area contributed by atoms with Crippen molar-refractivity contribution < 1.29 is 0 Å². The highest BCUT2D eigenvalue weighted by molar-refractivity contribution is 4.99. The number of hydrogen-bond donors (Lipinski definition) is 0. The Morgan fingerprint density at radius 3 is 1.29 bits per heavy atom. The van der Waals surface area contributed by atoms with Gasteiger partial charge in [0.25, 0.3) is 0 Å². The molecule has 0 bridgehead atoms. The summed E-state index contributed by atoms with van der Waals surface area (Å²) in [6.07, 6.45) is 31.8. The molecule has 0 aromatic rings. The molecule has 0 saturated carbocycles. The first kappa shape index (κ1) is 27.5. The molecule has 1 unspecified atom stereocenters. The molecule has 0 aliphatic rings. The molecule has 0 saturated heterocycles. The van der Waals surface area contributed by atoms with E-state index in [1.54, 1.807) is 0 Å². The number of hydrogen-bond acceptors (Lipinski definition) is 1. The van der Waals surface area contributed by atoms with E-state index in [1.807, 2.05) is 0 Å². The minimum Gasteiger partial charge on any atom is -0.290 e. The summed E-state index contributed by atoms with van der Waals surface area (Å²) in [5.41, 5.74) is 0. The van der Waals surface area contributed by atoms with Gasteiger partial charge in [-0.2, -0.15) is 0 Å². The first-order valence-electron chi connectivity index (χ1n) is 13.0. The molecule has 0 aromatic heterocycles. The molecule has 0 aromatic carbocycles. The van der Waals surface area contributed by atoms with Crippen LogP contribution in [0, 0.1) is 12.3 Å². The van der Waals surface area contributed by atoms with Crippen LogP contribution in [0.5, 0.6) is 0 Å². The molecule has 0 aliphatic heterocycles. The Kier molecular flexibility index (Phi) is 22.4. The third-order valence-corrected chi connectivity index (χ3v) is 6.06. The minimum absolute atomic E-state index is 0.373. The number of rotatable bonds is 22. The van der Waals surface area contributed by atoms with E-state index in [0.29, 0.717) is 6.04 Å². The van der Waals surface area contributed by atoms with E-state index in [0.717, 1.165) is 0 Å². The fourth-order valence-corrected chi connectivity index (χ4v) is 4.10. The van der Waals surface area contributed by atoms with Crippen LogP contribution < -0.4 is 0 Å². The van der Waals surface area contributed by atoms with Gasteiger partial charge in [-0.15, -0.1) is 6.42 Å². The van der Waals surface area contributed by atoms with Crippen molar-refractivity contribution in [1.29, 1.82) is 0 Å². The van der Waals surface area contributed by atoms with Gasteiger partial charge in [-0.3, -0.25) is 4.90 Å². The molecule has 0 aliphatic carbocycles. The minimum atomic E-state index is 0.373. The van der Waals surface area contributed by atoms with Gasteiger partial charge in [0.15, 0.2) is 0 Å². The van der Waals surface area contributed by atoms with Crippen molar-refractivity contribution in [3.63, 3.8) is 0 Å². The van der Waals surface area contributed by atoms with Crippen LogP contribution in [0.1, 0.15) is 143 Å². The topological polar surface area (TPSA) is 3.24 Å². The standard InChI is InChI=1S/C27H53N/c1-5-9-12-15-18-21-24-27(8-4)28(25-22-19-16-13-10-6-2)26-23-20-17-14-11-7-3/h4,27H,5-7,9-26H2,1-3H3. The molecule has 166 valence electrons. The van der Waals surface area contributed by atoms with E-state index in [2.05, 4.69) is 31.6 Å². The molecule has 0 heterocycles. The third kappa shape index (κ3) is 17.6. The molecule has 0 radical (unpaired) electrons. The van der Waals surface area contributed by atoms with Crippen LogP contribution in [0.15, 0.2) is 0 Å². The van der Waals surface area contributed by atoms with E-state index in [9.17, 15) is 0 Å². The van der Waals surface area contributed by atoms with Crippen molar-refractivity contribution in [2.75, 3.05) is 13.1 Å². The van der Waals surface area contributed by atoms with Crippen molar-refractivity contribution >= 4 is 0 Å². The molecule has 1 atom stereocenters. The first-order chi connectivity index (χ1) is 13.8. The molecule has 0 amide bonds. The summed E-state index contributed by atoms with van der Waals surface area (Å²) in [5, 5.41) is 0. The lowest BCUT2D eigenvalue weighted by Crippen LogP contribution is -2.36. The molecule has 0 fully saturated rings. The van der Waals surface area contributed by atoms with Gasteiger partial charge in [0.2, 0.25) is 0 Å². The fourth-order valence-electron chi connectivity index (χ4n) is 4.10. The van der Waals surface area contributed by atoms with Crippen molar-refractivity contribution in [2.24, 2.45) is 0 Å². The Bertz CT molecular complexity index is 314. The highest BCUT2D eigenvalue weighted by Gasteiger charge is 2.15. The van der Waals surface area contributed by atoms with Crippen molar-refractivity contribution in [3.8, 4) is 12.3 Å². The van der Waals surface area contributed by atoms with Gasteiger partial charge in [0, 0.05) is 0 Å². The molecule has 0 rings (SSSR count). The van der Waals surface area contributed by atoms with E-state index >= 15 is 0 Å². The maximum Gasteiger partial charge on any atom is 0.0711 e. The summed E-state index contributed by atoms with van der Waals surface area (Å²) in [6.45, 7) is 9.30. The largest absolute Gasteiger partial charge is 0.290 e. The predicted molar refractivity (Wildman–Crippen MR) is 129 cm³/mol. The maximum atomic E-state index is 5.98. The Hall–Kier alpha value is -0.480. The predicted octanol–water partition coefficient (Wildman–Crippen LogP) is 8.76. The van der Waals surface area contributed by atoms with Crippen LogP contribution in [0.2, 0.25) is 0 Å². The lowest BCUT2D eigenvalue weighted by atomic mass is 10.0. The summed E-state index contributed by atoms with van der Waals surface area (Å²) in [5.74, 6) is 3.15. The van der Waals surface area contributed by atoms with Crippen LogP contribution in [0.4, 0.5) is 0 Å². The molecule has 1 heteroatoms. The SMILES string of the molecule is C#CC(CCCCCCCC)N(CCCCCCCC)CCCCCCCC. The average molecular weight is 392 g/mol. The zero-order valence-corrected chi connectivity index (χ0v) is 20.0. The van der Waals surface area contributed by atoms with Crippen LogP contribution >= 0.6 is 0 Å². The lowest BCUT2D eigenvalue weighted by Gasteiger charge is -2.28.